The number of carbonyl (C=O) groups is 3. The minimum atomic E-state index is -1.04. The van der Waals surface area contributed by atoms with Gasteiger partial charge in [0.05, 0.1) is 0 Å². The lowest BCUT2D eigenvalue weighted by Crippen LogP contribution is -2.32. The molecule has 2 amide bonds. The number of carboxylic acids is 1. The van der Waals surface area contributed by atoms with E-state index in [0.717, 1.165) is 6.08 Å². The molecule has 0 heterocycles. The number of benzene rings is 2. The maximum atomic E-state index is 12.2. The van der Waals surface area contributed by atoms with Crippen LogP contribution in [0.1, 0.15) is 41.3 Å². The Balaban J connectivity index is 2.07. The molecule has 0 unspecified atom stereocenters. The van der Waals surface area contributed by atoms with Crippen molar-refractivity contribution in [3.05, 3.63) is 76.3 Å². The van der Waals surface area contributed by atoms with Crippen LogP contribution in [0.3, 0.4) is 0 Å². The second-order valence-electron chi connectivity index (χ2n) is 6.09. The van der Waals surface area contributed by atoms with Gasteiger partial charge in [-0.25, -0.2) is 9.59 Å². The molecule has 0 bridgehead atoms. The van der Waals surface area contributed by atoms with Crippen molar-refractivity contribution in [1.29, 1.82) is 0 Å². The van der Waals surface area contributed by atoms with Crippen molar-refractivity contribution < 1.29 is 29.3 Å². The van der Waals surface area contributed by atoms with Crippen molar-refractivity contribution in [2.45, 2.75) is 25.4 Å². The Morgan fingerprint density at radius 3 is 2.55 bits per heavy atom. The lowest BCUT2D eigenvalue weighted by Gasteiger charge is -2.19. The number of alkyl carbamates (subject to hydrolysis) is 1. The number of imide groups is 1. The van der Waals surface area contributed by atoms with Crippen LogP contribution >= 0.6 is 15.9 Å². The van der Waals surface area contributed by atoms with E-state index < -0.39 is 24.1 Å². The van der Waals surface area contributed by atoms with E-state index in [2.05, 4.69) is 21.2 Å². The SMILES string of the molecule is O=C(O)/C=C/CCC[C@H](OC(=O)NC(=O)c1ccccc1)c1cc(Br)ccc1O. The Morgan fingerprint density at radius 2 is 1.86 bits per heavy atom. The smallest absolute Gasteiger partial charge is 0.414 e. The zero-order valence-electron chi connectivity index (χ0n) is 15.4. The number of hydrogen-bond acceptors (Lipinski definition) is 5. The standard InChI is InChI=1S/C21H20BrNO6/c22-15-11-12-17(24)16(13-15)18(9-5-2-6-10-19(25)26)29-21(28)23-20(27)14-7-3-1-4-8-14/h1,3-4,6-8,10-13,18,24H,2,5,9H2,(H,25,26)(H,23,27,28)/b10-6+/t18-/m0/s1. The Hall–Kier alpha value is -3.13. The number of aliphatic carboxylic acids is 1. The number of phenolic OH excluding ortho intramolecular Hbond substituents is 1. The fourth-order valence-electron chi connectivity index (χ4n) is 2.58. The molecule has 0 aromatic heterocycles. The summed E-state index contributed by atoms with van der Waals surface area (Å²) in [5.74, 6) is -1.69. The van der Waals surface area contributed by atoms with Gasteiger partial charge in [-0.15, -0.1) is 0 Å². The monoisotopic (exact) mass is 461 g/mol. The van der Waals surface area contributed by atoms with E-state index in [9.17, 15) is 19.5 Å². The molecular weight excluding hydrogens is 442 g/mol. The molecule has 0 aliphatic heterocycles. The fraction of sp³-hybridized carbons (Fsp3) is 0.190. The number of carboxylic acid groups (broad SMARTS) is 1. The highest BCUT2D eigenvalue weighted by Gasteiger charge is 2.21. The number of rotatable bonds is 8. The summed E-state index contributed by atoms with van der Waals surface area (Å²) < 4.78 is 6.09. The highest BCUT2D eigenvalue weighted by Crippen LogP contribution is 2.33. The van der Waals surface area contributed by atoms with Crippen LogP contribution in [-0.4, -0.2) is 28.2 Å². The predicted octanol–water partition coefficient (Wildman–Crippen LogP) is 4.57. The summed E-state index contributed by atoms with van der Waals surface area (Å²) in [6.07, 6.45) is 2.04. The topological polar surface area (TPSA) is 113 Å². The second-order valence-corrected chi connectivity index (χ2v) is 7.00. The molecule has 3 N–H and O–H groups in total. The van der Waals surface area contributed by atoms with Gasteiger partial charge in [0.1, 0.15) is 11.9 Å². The highest BCUT2D eigenvalue weighted by atomic mass is 79.9. The number of hydrogen-bond donors (Lipinski definition) is 3. The van der Waals surface area contributed by atoms with Gasteiger partial charge in [0.15, 0.2) is 0 Å². The number of carbonyl (C=O) groups excluding carboxylic acids is 2. The van der Waals surface area contributed by atoms with E-state index in [1.807, 2.05) is 0 Å². The van der Waals surface area contributed by atoms with E-state index in [1.165, 1.54) is 12.1 Å². The van der Waals surface area contributed by atoms with Crippen molar-refractivity contribution in [1.82, 2.24) is 5.32 Å². The van der Waals surface area contributed by atoms with Crippen LogP contribution in [0.4, 0.5) is 4.79 Å². The normalized spacial score (nSPS) is 11.8. The fourth-order valence-corrected chi connectivity index (χ4v) is 2.96. The number of phenols is 1. The van der Waals surface area contributed by atoms with Crippen LogP contribution in [0.5, 0.6) is 5.75 Å². The molecule has 7 nitrogen and oxygen atoms in total. The summed E-state index contributed by atoms with van der Waals surface area (Å²) in [6, 6.07) is 13.0. The Kier molecular flexibility index (Phi) is 8.42. The van der Waals surface area contributed by atoms with E-state index in [0.29, 0.717) is 34.9 Å². The van der Waals surface area contributed by atoms with Crippen molar-refractivity contribution >= 4 is 33.9 Å². The zero-order chi connectivity index (χ0) is 21.2. The Morgan fingerprint density at radius 1 is 1.14 bits per heavy atom. The summed E-state index contributed by atoms with van der Waals surface area (Å²) >= 11 is 3.31. The number of unbranched alkanes of at least 4 members (excludes halogenated alkanes) is 1. The quantitative estimate of drug-likeness (QED) is 0.391. The van der Waals surface area contributed by atoms with Gasteiger partial charge >= 0.3 is 12.1 Å². The average molecular weight is 462 g/mol. The lowest BCUT2D eigenvalue weighted by atomic mass is 10.0. The van der Waals surface area contributed by atoms with Gasteiger partial charge < -0.3 is 14.9 Å². The molecule has 0 radical (unpaired) electrons. The van der Waals surface area contributed by atoms with Crippen molar-refractivity contribution in [3.63, 3.8) is 0 Å². The third-order valence-electron chi connectivity index (χ3n) is 3.93. The van der Waals surface area contributed by atoms with Gasteiger partial charge in [0.25, 0.3) is 5.91 Å². The summed E-state index contributed by atoms with van der Waals surface area (Å²) in [5, 5.41) is 21.0. The first kappa shape index (κ1) is 22.2. The van der Waals surface area contributed by atoms with Crippen LogP contribution in [0, 0.1) is 0 Å². The van der Waals surface area contributed by atoms with Crippen LogP contribution in [-0.2, 0) is 9.53 Å². The van der Waals surface area contributed by atoms with Gasteiger partial charge in [-0.05, 0) is 49.6 Å². The molecule has 2 aromatic rings. The van der Waals surface area contributed by atoms with Crippen molar-refractivity contribution in [2.75, 3.05) is 0 Å². The molecule has 29 heavy (non-hydrogen) atoms. The number of nitrogens with one attached hydrogen (secondary N) is 1. The zero-order valence-corrected chi connectivity index (χ0v) is 17.0. The highest BCUT2D eigenvalue weighted by molar-refractivity contribution is 9.10. The van der Waals surface area contributed by atoms with Gasteiger partial charge in [-0.3, -0.25) is 10.1 Å². The van der Waals surface area contributed by atoms with Crippen LogP contribution < -0.4 is 5.32 Å². The maximum Gasteiger partial charge on any atom is 0.414 e. The third-order valence-corrected chi connectivity index (χ3v) is 4.43. The average Bonchev–Trinajstić information content (AvgIpc) is 2.69. The molecule has 0 aliphatic rings. The van der Waals surface area contributed by atoms with E-state index in [1.54, 1.807) is 42.5 Å². The number of aromatic hydroxyl groups is 1. The van der Waals surface area contributed by atoms with Crippen molar-refractivity contribution in [3.8, 4) is 5.75 Å². The van der Waals surface area contributed by atoms with Crippen LogP contribution in [0.15, 0.2) is 65.2 Å². The Labute approximate surface area is 176 Å². The maximum absolute atomic E-state index is 12.2. The van der Waals surface area contributed by atoms with Gasteiger partial charge in [-0.2, -0.15) is 0 Å². The molecule has 8 heteroatoms. The van der Waals surface area contributed by atoms with Crippen LogP contribution in [0.2, 0.25) is 0 Å². The van der Waals surface area contributed by atoms with Crippen LogP contribution in [0.25, 0.3) is 0 Å². The second kappa shape index (κ2) is 11.0. The molecule has 1 atom stereocenters. The molecule has 2 rings (SSSR count). The first-order valence-electron chi connectivity index (χ1n) is 8.81. The molecule has 0 saturated heterocycles. The number of ether oxygens (including phenoxy) is 1. The summed E-state index contributed by atoms with van der Waals surface area (Å²) in [7, 11) is 0. The number of amides is 2. The molecular formula is C21H20BrNO6. The first-order chi connectivity index (χ1) is 13.9. The number of allylic oxidation sites excluding steroid dienone is 1. The Bertz CT molecular complexity index is 897. The molecule has 2 aromatic carbocycles. The summed E-state index contributed by atoms with van der Waals surface area (Å²) in [6.45, 7) is 0. The predicted molar refractivity (Wildman–Crippen MR) is 110 cm³/mol. The molecule has 0 saturated carbocycles. The van der Waals surface area contributed by atoms with Crippen molar-refractivity contribution in [2.24, 2.45) is 0 Å². The van der Waals surface area contributed by atoms with E-state index in [-0.39, 0.29) is 5.75 Å². The lowest BCUT2D eigenvalue weighted by molar-refractivity contribution is -0.131. The minimum absolute atomic E-state index is 0.0542. The first-order valence-corrected chi connectivity index (χ1v) is 9.61. The van der Waals surface area contributed by atoms with E-state index in [4.69, 9.17) is 9.84 Å². The largest absolute Gasteiger partial charge is 0.508 e. The number of halogens is 1. The molecule has 152 valence electrons. The third kappa shape index (κ3) is 7.42. The summed E-state index contributed by atoms with van der Waals surface area (Å²) in [5.41, 5.74) is 0.689. The molecule has 0 aliphatic carbocycles. The van der Waals surface area contributed by atoms with Gasteiger partial charge in [0, 0.05) is 21.7 Å². The van der Waals surface area contributed by atoms with Gasteiger partial charge in [0.2, 0.25) is 0 Å². The summed E-state index contributed by atoms with van der Waals surface area (Å²) in [4.78, 5) is 34.9. The molecule has 0 spiro atoms. The minimum Gasteiger partial charge on any atom is -0.508 e. The van der Waals surface area contributed by atoms with E-state index >= 15 is 0 Å². The molecule has 0 fully saturated rings. The van der Waals surface area contributed by atoms with Gasteiger partial charge in [-0.1, -0.05) is 40.2 Å².